The Bertz CT molecular complexity index is 1010. The van der Waals surface area contributed by atoms with Gasteiger partial charge in [-0.1, -0.05) is 38.6 Å². The number of esters is 1. The summed E-state index contributed by atoms with van der Waals surface area (Å²) in [6, 6.07) is 4.37. The van der Waals surface area contributed by atoms with Crippen LogP contribution in [-0.2, 0) is 21.4 Å². The molecule has 0 fully saturated rings. The summed E-state index contributed by atoms with van der Waals surface area (Å²) in [5.41, 5.74) is -0.0784. The van der Waals surface area contributed by atoms with Crippen molar-refractivity contribution < 1.29 is 49.0 Å². The van der Waals surface area contributed by atoms with Gasteiger partial charge in [-0.2, -0.15) is 22.0 Å². The summed E-state index contributed by atoms with van der Waals surface area (Å²) in [5, 5.41) is -5.87. The Labute approximate surface area is 187 Å². The Morgan fingerprint density at radius 3 is 2.21 bits per heavy atom. The minimum Gasteiger partial charge on any atom is -0.743 e. The fourth-order valence-electron chi connectivity index (χ4n) is 2.31. The summed E-state index contributed by atoms with van der Waals surface area (Å²) >= 11 is 0. The number of carbonyl (C=O) groups excluding carboxylic acids is 1. The molecule has 0 amide bonds. The number of hydrogen-bond acceptors (Lipinski definition) is 5. The van der Waals surface area contributed by atoms with Crippen molar-refractivity contribution in [2.75, 3.05) is 0 Å². The highest BCUT2D eigenvalue weighted by atomic mass is 32.2. The molecule has 7 nitrogen and oxygen atoms in total. The number of benzene rings is 1. The molecule has 0 aliphatic carbocycles. The number of aromatic amines is 1. The van der Waals surface area contributed by atoms with Crippen molar-refractivity contribution in [3.63, 3.8) is 0 Å². The topological polar surface area (TPSA) is 103 Å². The van der Waals surface area contributed by atoms with Crippen molar-refractivity contribution >= 4 is 22.2 Å². The van der Waals surface area contributed by atoms with E-state index >= 15 is 0 Å². The first kappa shape index (κ1) is 28.2. The van der Waals surface area contributed by atoms with Crippen molar-refractivity contribution in [3.05, 3.63) is 60.7 Å². The van der Waals surface area contributed by atoms with Crippen LogP contribution in [0.2, 0.25) is 0 Å². The van der Waals surface area contributed by atoms with Gasteiger partial charge in [0, 0.05) is 0 Å². The zero-order valence-corrected chi connectivity index (χ0v) is 18.5. The van der Waals surface area contributed by atoms with E-state index in [4.69, 9.17) is 0 Å². The summed E-state index contributed by atoms with van der Waals surface area (Å²) in [7, 11) is -6.72. The zero-order valence-electron chi connectivity index (χ0n) is 17.7. The third kappa shape index (κ3) is 8.24. The van der Waals surface area contributed by atoms with E-state index in [-0.39, 0.29) is 0 Å². The van der Waals surface area contributed by atoms with Crippen LogP contribution >= 0.6 is 0 Å². The standard InChI is InChI=1S/C12H9F5O5S.C8H14N2/c1-2-7-3-5-8(6-4-7)9(18)22-10(11(13,14)15)12(16,17)23(19,20)21;1-3-8(2)6-10-5-4-9-7-10/h2-6,10H,1H2,(H,19,20,21);4-5,7-8H,3,6H2,1-2H3. The monoisotopic (exact) mass is 498 g/mol. The van der Waals surface area contributed by atoms with Crippen LogP contribution in [0, 0.1) is 5.92 Å². The molecule has 2 rings (SSSR count). The second-order valence-electron chi connectivity index (χ2n) is 6.99. The average Bonchev–Trinajstić information content (AvgIpc) is 3.23. The number of ether oxygens (including phenoxy) is 1. The minimum absolute atomic E-state index is 0.474. The number of aromatic nitrogens is 2. The van der Waals surface area contributed by atoms with Gasteiger partial charge < -0.3 is 9.29 Å². The zero-order chi connectivity index (χ0) is 25.4. The summed E-state index contributed by atoms with van der Waals surface area (Å²) in [6.07, 6.45) is -1.81. The third-order valence-corrected chi connectivity index (χ3v) is 5.25. The maximum Gasteiger partial charge on any atom is 0.432 e. The number of carbonyl (C=O) groups is 1. The Morgan fingerprint density at radius 1 is 1.24 bits per heavy atom. The van der Waals surface area contributed by atoms with E-state index in [2.05, 4.69) is 40.9 Å². The molecule has 0 bridgehead atoms. The van der Waals surface area contributed by atoms with Crippen molar-refractivity contribution in [2.45, 2.75) is 44.3 Å². The maximum atomic E-state index is 13.2. The smallest absolute Gasteiger partial charge is 0.432 e. The largest absolute Gasteiger partial charge is 0.743 e. The Kier molecular flexibility index (Phi) is 9.72. The van der Waals surface area contributed by atoms with Crippen LogP contribution in [0.25, 0.3) is 6.08 Å². The third-order valence-electron chi connectivity index (χ3n) is 4.36. The van der Waals surface area contributed by atoms with Gasteiger partial charge in [0.2, 0.25) is 6.33 Å². The molecule has 0 radical (unpaired) electrons. The molecular weight excluding hydrogens is 475 g/mol. The molecule has 184 valence electrons. The predicted octanol–water partition coefficient (Wildman–Crippen LogP) is 3.90. The number of nitrogens with one attached hydrogen (secondary N) is 1. The van der Waals surface area contributed by atoms with Gasteiger partial charge in [0.1, 0.15) is 12.4 Å². The summed E-state index contributed by atoms with van der Waals surface area (Å²) in [6.45, 7) is 8.99. The Hall–Kier alpha value is -2.80. The van der Waals surface area contributed by atoms with Gasteiger partial charge in [-0.15, -0.1) is 0 Å². The van der Waals surface area contributed by atoms with Crippen LogP contribution in [-0.4, -0.2) is 41.5 Å². The maximum absolute atomic E-state index is 13.2. The number of H-pyrrole nitrogens is 1. The first-order chi connectivity index (χ1) is 15.1. The molecule has 0 saturated carbocycles. The quantitative estimate of drug-likeness (QED) is 0.257. The molecule has 2 aromatic rings. The van der Waals surface area contributed by atoms with Crippen molar-refractivity contribution in [3.8, 4) is 0 Å². The minimum atomic E-state index is -6.72. The van der Waals surface area contributed by atoms with Crippen LogP contribution in [0.4, 0.5) is 22.0 Å². The van der Waals surface area contributed by atoms with Crippen LogP contribution in [0.1, 0.15) is 36.2 Å². The average molecular weight is 498 g/mol. The number of rotatable bonds is 8. The molecule has 13 heteroatoms. The van der Waals surface area contributed by atoms with E-state index in [1.165, 1.54) is 24.6 Å². The molecular formula is C20H23F5N2O5S. The number of halogens is 5. The SMILES string of the molecule is C=Cc1ccc(C(=O)OC(C(F)(F)F)C(F)(F)S(=O)(=O)[O-])cc1.CCC(C)C[n+]1cc[nH]c1. The van der Waals surface area contributed by atoms with Crippen LogP contribution in [0.15, 0.2) is 49.6 Å². The van der Waals surface area contributed by atoms with Gasteiger partial charge in [-0.05, 0) is 30.0 Å². The molecule has 1 aromatic carbocycles. The molecule has 33 heavy (non-hydrogen) atoms. The molecule has 0 aliphatic rings. The highest BCUT2D eigenvalue weighted by molar-refractivity contribution is 7.86. The Morgan fingerprint density at radius 2 is 1.82 bits per heavy atom. The van der Waals surface area contributed by atoms with Crippen LogP contribution in [0.5, 0.6) is 0 Å². The fourth-order valence-corrected chi connectivity index (χ4v) is 2.75. The highest BCUT2D eigenvalue weighted by Gasteiger charge is 2.63. The number of hydrogen-bond donors (Lipinski definition) is 1. The molecule has 2 atom stereocenters. The number of nitrogens with zero attached hydrogens (tertiary/aromatic N) is 1. The van der Waals surface area contributed by atoms with Crippen LogP contribution in [0.3, 0.4) is 0 Å². The van der Waals surface area contributed by atoms with Crippen molar-refractivity contribution in [1.29, 1.82) is 0 Å². The predicted molar refractivity (Wildman–Crippen MR) is 107 cm³/mol. The molecule has 1 aromatic heterocycles. The lowest BCUT2D eigenvalue weighted by atomic mass is 10.1. The lowest BCUT2D eigenvalue weighted by Gasteiger charge is -2.29. The summed E-state index contributed by atoms with van der Waals surface area (Å²) in [5.74, 6) is -1.09. The van der Waals surface area contributed by atoms with E-state index in [1.54, 1.807) is 0 Å². The molecule has 1 heterocycles. The van der Waals surface area contributed by atoms with E-state index in [9.17, 15) is 39.7 Å². The molecule has 0 aliphatic heterocycles. The van der Waals surface area contributed by atoms with E-state index in [0.717, 1.165) is 24.6 Å². The molecule has 0 spiro atoms. The molecule has 0 saturated heterocycles. The molecule has 2 unspecified atom stereocenters. The van der Waals surface area contributed by atoms with E-state index < -0.39 is 39.2 Å². The first-order valence-electron chi connectivity index (χ1n) is 9.48. The van der Waals surface area contributed by atoms with Crippen molar-refractivity contribution in [2.24, 2.45) is 5.92 Å². The molecule has 1 N–H and O–H groups in total. The van der Waals surface area contributed by atoms with Gasteiger partial charge in [0.15, 0.2) is 10.1 Å². The van der Waals surface area contributed by atoms with Gasteiger partial charge in [0.05, 0.1) is 12.1 Å². The fraction of sp³-hybridized carbons (Fsp3) is 0.400. The van der Waals surface area contributed by atoms with Crippen LogP contribution < -0.4 is 4.57 Å². The lowest BCUT2D eigenvalue weighted by molar-refractivity contribution is -0.701. The normalized spacial score (nSPS) is 13.9. The number of imidazole rings is 1. The second-order valence-corrected chi connectivity index (χ2v) is 8.44. The van der Waals surface area contributed by atoms with Gasteiger partial charge in [-0.3, -0.25) is 4.98 Å². The number of alkyl halides is 5. The lowest BCUT2D eigenvalue weighted by Crippen LogP contribution is -2.52. The second kappa shape index (κ2) is 11.4. The van der Waals surface area contributed by atoms with Gasteiger partial charge >= 0.3 is 17.4 Å². The van der Waals surface area contributed by atoms with E-state index in [1.807, 2.05) is 12.5 Å². The van der Waals surface area contributed by atoms with Gasteiger partial charge in [0.25, 0.3) is 6.10 Å². The van der Waals surface area contributed by atoms with E-state index in [0.29, 0.717) is 5.56 Å². The van der Waals surface area contributed by atoms with Crippen molar-refractivity contribution in [1.82, 2.24) is 4.98 Å². The summed E-state index contributed by atoms with van der Waals surface area (Å²) < 4.78 is 101. The Balaban J connectivity index is 0.000000451. The first-order valence-corrected chi connectivity index (χ1v) is 10.9. The highest BCUT2D eigenvalue weighted by Crippen LogP contribution is 2.38. The summed E-state index contributed by atoms with van der Waals surface area (Å²) in [4.78, 5) is 14.5. The van der Waals surface area contributed by atoms with Gasteiger partial charge in [-0.25, -0.2) is 17.8 Å².